The Morgan fingerprint density at radius 1 is 0.891 bits per heavy atom. The molecule has 4 N–H and O–H groups in total. The first-order chi connectivity index (χ1) is 26.3. The van der Waals surface area contributed by atoms with Crippen LogP contribution >= 0.6 is 0 Å². The molecule has 0 amide bonds. The summed E-state index contributed by atoms with van der Waals surface area (Å²) in [4.78, 5) is 14.6. The monoisotopic (exact) mass is 752 g/mol. The summed E-state index contributed by atoms with van der Waals surface area (Å²) < 4.78 is 19.7. The van der Waals surface area contributed by atoms with Crippen LogP contribution in [0.1, 0.15) is 102 Å². The van der Waals surface area contributed by atoms with Crippen LogP contribution < -0.4 is 15.4 Å². The molecule has 55 heavy (non-hydrogen) atoms. The van der Waals surface area contributed by atoms with Gasteiger partial charge in [-0.3, -0.25) is 0 Å². The third-order valence-corrected chi connectivity index (χ3v) is 10.1. The Morgan fingerprint density at radius 2 is 1.67 bits per heavy atom. The van der Waals surface area contributed by atoms with Crippen molar-refractivity contribution in [2.24, 2.45) is 5.92 Å². The second-order valence-electron chi connectivity index (χ2n) is 16.6. The Bertz CT molecular complexity index is 1970. The number of hydrogen-bond acceptors (Lipinski definition) is 10. The lowest BCUT2D eigenvalue weighted by atomic mass is 9.93. The summed E-state index contributed by atoms with van der Waals surface area (Å²) >= 11 is 0. The third-order valence-electron chi connectivity index (χ3n) is 10.1. The van der Waals surface area contributed by atoms with Crippen molar-refractivity contribution in [1.82, 2.24) is 19.5 Å². The van der Waals surface area contributed by atoms with Crippen molar-refractivity contribution in [3.63, 3.8) is 0 Å². The molecule has 1 saturated heterocycles. The van der Waals surface area contributed by atoms with Crippen LogP contribution in [0.2, 0.25) is 0 Å². The number of pyridine rings is 1. The first-order valence-corrected chi connectivity index (χ1v) is 19.9. The minimum Gasteiger partial charge on any atom is -0.497 e. The number of nitrogens with zero attached hydrogens (tertiary/aromatic N) is 4. The molecule has 2 aromatic carbocycles. The van der Waals surface area contributed by atoms with E-state index in [0.717, 1.165) is 85.2 Å². The fraction of sp³-hybridized carbons (Fsp3) is 0.523. The van der Waals surface area contributed by atoms with E-state index in [-0.39, 0.29) is 11.8 Å². The van der Waals surface area contributed by atoms with Crippen LogP contribution in [-0.4, -0.2) is 67.7 Å². The highest BCUT2D eigenvalue weighted by atomic mass is 16.7. The maximum atomic E-state index is 8.08. The van der Waals surface area contributed by atoms with Gasteiger partial charge < -0.3 is 39.6 Å². The molecule has 0 spiro atoms. The lowest BCUT2D eigenvalue weighted by Gasteiger charge is -2.23. The normalized spacial score (nSPS) is 18.9. The molecule has 4 heterocycles. The van der Waals surface area contributed by atoms with E-state index in [1.165, 1.54) is 43.2 Å². The molecule has 11 heteroatoms. The number of methoxy groups -OCH3 is 1. The van der Waals surface area contributed by atoms with E-state index < -0.39 is 5.79 Å². The van der Waals surface area contributed by atoms with Gasteiger partial charge in [-0.05, 0) is 157 Å². The summed E-state index contributed by atoms with van der Waals surface area (Å²) in [6, 6.07) is 19.6. The summed E-state index contributed by atoms with van der Waals surface area (Å²) in [5.41, 5.74) is 5.92. The number of ether oxygens (including phenoxy) is 3. The topological polar surface area (TPSA) is 136 Å². The summed E-state index contributed by atoms with van der Waals surface area (Å²) in [5, 5.41) is 25.4. The molecule has 1 aliphatic carbocycles. The van der Waals surface area contributed by atoms with Crippen molar-refractivity contribution in [1.29, 1.82) is 0 Å². The van der Waals surface area contributed by atoms with Gasteiger partial charge in [-0.2, -0.15) is 4.98 Å². The number of nitrogens with one attached hydrogen (secondary N) is 2. The Morgan fingerprint density at radius 3 is 2.40 bits per heavy atom. The maximum Gasteiger partial charge on any atom is 0.224 e. The second kappa shape index (κ2) is 18.1. The first-order valence-electron chi connectivity index (χ1n) is 19.9. The van der Waals surface area contributed by atoms with Gasteiger partial charge in [0.2, 0.25) is 5.95 Å². The highest BCUT2D eigenvalue weighted by Gasteiger charge is 2.27. The van der Waals surface area contributed by atoms with Gasteiger partial charge in [0.25, 0.3) is 0 Å². The Labute approximate surface area is 325 Å². The van der Waals surface area contributed by atoms with E-state index in [1.54, 1.807) is 7.11 Å². The predicted molar refractivity (Wildman–Crippen MR) is 219 cm³/mol. The number of aryl methyl sites for hydroxylation is 1. The Hall–Kier alpha value is -4.29. The lowest BCUT2D eigenvalue weighted by Crippen LogP contribution is -2.26. The molecule has 2 fully saturated rings. The van der Waals surface area contributed by atoms with Gasteiger partial charge >= 0.3 is 0 Å². The smallest absolute Gasteiger partial charge is 0.224 e. The quantitative estimate of drug-likeness (QED) is 0.0867. The molecular formula is C44H60N6O5. The Kier molecular flexibility index (Phi) is 13.3. The third kappa shape index (κ3) is 12.1. The van der Waals surface area contributed by atoms with Crippen LogP contribution in [0.5, 0.6) is 5.75 Å². The second-order valence-corrected chi connectivity index (χ2v) is 16.6. The lowest BCUT2D eigenvalue weighted by molar-refractivity contribution is -0.161. The molecule has 3 unspecified atom stereocenters. The van der Waals surface area contributed by atoms with Crippen LogP contribution in [-0.2, 0) is 28.9 Å². The van der Waals surface area contributed by atoms with Crippen molar-refractivity contribution in [2.45, 2.75) is 123 Å². The van der Waals surface area contributed by atoms with Crippen LogP contribution in [0.25, 0.3) is 21.9 Å². The molecule has 3 atom stereocenters. The van der Waals surface area contributed by atoms with Crippen LogP contribution in [0.4, 0.5) is 11.8 Å². The average Bonchev–Trinajstić information content (AvgIpc) is 3.79. The van der Waals surface area contributed by atoms with Crippen molar-refractivity contribution in [2.75, 3.05) is 31.0 Å². The number of hydrogen-bond donors (Lipinski definition) is 4. The minimum atomic E-state index is -1.50. The number of fused-ring (bicyclic) bond motifs is 2. The molecular weight excluding hydrogens is 693 g/mol. The largest absolute Gasteiger partial charge is 0.497 e. The molecule has 1 saturated carbocycles. The molecule has 0 radical (unpaired) electrons. The molecule has 3 aromatic heterocycles. The standard InChI is InChI=1S/C41H52N6O3.C3H8O2/c1-41(2,3)46-37-17-13-32-24-31(19-22-50-38-7-5-6-21-49-38)30(25-36(32)44-37)12-8-28-9-14-34(23-28)47-20-18-33-27-43-40(45-39(33)47)42-26-29-10-15-35(48-4)16-11-29;1-3(2,4)5/h10-11,13,15-18,20,24-25,27-28,34,38H,5-9,12,14,19,21-23,26H2,1-4H3,(H,44,46)(H,42,43,45);4-5H,1-2H3. The fourth-order valence-corrected chi connectivity index (χ4v) is 7.49. The highest BCUT2D eigenvalue weighted by molar-refractivity contribution is 5.82. The first kappa shape index (κ1) is 40.4. The maximum absolute atomic E-state index is 8.08. The van der Waals surface area contributed by atoms with E-state index >= 15 is 0 Å². The van der Waals surface area contributed by atoms with E-state index in [4.69, 9.17) is 34.4 Å². The van der Waals surface area contributed by atoms with Gasteiger partial charge in [0.05, 0.1) is 19.2 Å². The van der Waals surface area contributed by atoms with Gasteiger partial charge in [-0.25, -0.2) is 9.97 Å². The van der Waals surface area contributed by atoms with Crippen molar-refractivity contribution < 1.29 is 24.4 Å². The van der Waals surface area contributed by atoms with Gasteiger partial charge in [0.15, 0.2) is 12.1 Å². The van der Waals surface area contributed by atoms with E-state index in [9.17, 15) is 0 Å². The molecule has 0 bridgehead atoms. The van der Waals surface area contributed by atoms with Crippen LogP contribution in [0.3, 0.4) is 0 Å². The molecule has 2 aliphatic rings. The molecule has 5 aromatic rings. The van der Waals surface area contributed by atoms with E-state index in [1.807, 2.05) is 18.3 Å². The summed E-state index contributed by atoms with van der Waals surface area (Å²) in [7, 11) is 1.68. The predicted octanol–water partition coefficient (Wildman–Crippen LogP) is 8.58. The summed E-state index contributed by atoms with van der Waals surface area (Å²) in [5.74, 6) is 1.58. The molecule has 296 valence electrons. The molecule has 1 aliphatic heterocycles. The Balaban J connectivity index is 0.000000967. The number of anilines is 2. The fourth-order valence-electron chi connectivity index (χ4n) is 7.49. The van der Waals surface area contributed by atoms with Crippen molar-refractivity contribution >= 4 is 33.7 Å². The van der Waals surface area contributed by atoms with Gasteiger partial charge in [-0.15, -0.1) is 0 Å². The van der Waals surface area contributed by atoms with Crippen LogP contribution in [0, 0.1) is 5.92 Å². The zero-order valence-electron chi connectivity index (χ0n) is 33.5. The van der Waals surface area contributed by atoms with E-state index in [0.29, 0.717) is 31.1 Å². The van der Waals surface area contributed by atoms with Crippen molar-refractivity contribution in [3.8, 4) is 5.75 Å². The van der Waals surface area contributed by atoms with E-state index in [2.05, 4.69) is 89.6 Å². The number of aromatic nitrogens is 4. The van der Waals surface area contributed by atoms with Gasteiger partial charge in [0, 0.05) is 47.9 Å². The molecule has 7 rings (SSSR count). The van der Waals surface area contributed by atoms with Gasteiger partial charge in [-0.1, -0.05) is 12.1 Å². The van der Waals surface area contributed by atoms with Gasteiger partial charge in [0.1, 0.15) is 17.2 Å². The van der Waals surface area contributed by atoms with Crippen LogP contribution in [0.15, 0.2) is 67.0 Å². The summed E-state index contributed by atoms with van der Waals surface area (Å²) in [6.07, 6.45) is 14.0. The average molecular weight is 753 g/mol. The number of rotatable bonds is 13. The SMILES string of the molecule is CC(C)(O)O.COc1ccc(CNc2ncc3ccn(C4CCC(CCc5cc6nc(NC(C)(C)C)ccc6cc5CCOC5CCCCO5)C4)c3n2)cc1. The minimum absolute atomic E-state index is 0.0482. The van der Waals surface area contributed by atoms with Crippen molar-refractivity contribution in [3.05, 3.63) is 83.7 Å². The zero-order valence-corrected chi connectivity index (χ0v) is 33.5. The number of benzene rings is 2. The highest BCUT2D eigenvalue weighted by Crippen LogP contribution is 2.39. The number of aliphatic hydroxyl groups is 2. The molecule has 11 nitrogen and oxygen atoms in total. The summed E-state index contributed by atoms with van der Waals surface area (Å²) in [6.45, 7) is 11.2. The zero-order chi connectivity index (χ0) is 39.0.